The minimum Gasteiger partial charge on any atom is -0.444 e. The summed E-state index contributed by atoms with van der Waals surface area (Å²) in [5, 5.41) is 3.20. The summed E-state index contributed by atoms with van der Waals surface area (Å²) in [4.78, 5) is 28.7. The van der Waals surface area contributed by atoms with Crippen molar-refractivity contribution >= 4 is 12.0 Å². The van der Waals surface area contributed by atoms with Gasteiger partial charge in [0.25, 0.3) is 0 Å². The molecular formula is C26H38F3N3O3. The van der Waals surface area contributed by atoms with E-state index < -0.39 is 23.4 Å². The minimum absolute atomic E-state index is 0.0127. The fourth-order valence-electron chi connectivity index (χ4n) is 5.05. The first kappa shape index (κ1) is 27.3. The topological polar surface area (TPSA) is 61.9 Å². The Morgan fingerprint density at radius 3 is 2.40 bits per heavy atom. The van der Waals surface area contributed by atoms with Crippen molar-refractivity contribution in [3.63, 3.8) is 0 Å². The molecule has 2 amide bonds. The lowest BCUT2D eigenvalue weighted by molar-refractivity contribution is -0.137. The molecule has 1 aromatic rings. The van der Waals surface area contributed by atoms with Crippen LogP contribution in [0.1, 0.15) is 64.5 Å². The van der Waals surface area contributed by atoms with Crippen LogP contribution in [0, 0.1) is 11.8 Å². The Hall–Kier alpha value is -2.29. The molecule has 1 saturated carbocycles. The maximum absolute atomic E-state index is 12.8. The number of carbonyl (C=O) groups is 2. The third-order valence-corrected chi connectivity index (χ3v) is 7.10. The van der Waals surface area contributed by atoms with Crippen molar-refractivity contribution in [1.82, 2.24) is 15.1 Å². The highest BCUT2D eigenvalue weighted by Crippen LogP contribution is 2.39. The molecule has 9 heteroatoms. The van der Waals surface area contributed by atoms with E-state index in [4.69, 9.17) is 4.74 Å². The lowest BCUT2D eigenvalue weighted by Crippen LogP contribution is -2.42. The molecule has 6 nitrogen and oxygen atoms in total. The van der Waals surface area contributed by atoms with Crippen molar-refractivity contribution < 1.29 is 27.5 Å². The minimum atomic E-state index is -4.32. The Kier molecular flexibility index (Phi) is 8.40. The van der Waals surface area contributed by atoms with Gasteiger partial charge >= 0.3 is 12.3 Å². The number of nitrogens with one attached hydrogen (secondary N) is 1. The van der Waals surface area contributed by atoms with E-state index >= 15 is 0 Å². The number of hydrogen-bond acceptors (Lipinski definition) is 4. The van der Waals surface area contributed by atoms with Crippen molar-refractivity contribution in [2.75, 3.05) is 20.1 Å². The predicted molar refractivity (Wildman–Crippen MR) is 128 cm³/mol. The second kappa shape index (κ2) is 10.8. The highest BCUT2D eigenvalue weighted by molar-refractivity contribution is 5.76. The number of halogens is 3. The number of likely N-dealkylation sites (tertiary alicyclic amines) is 1. The van der Waals surface area contributed by atoms with Crippen molar-refractivity contribution in [3.8, 4) is 0 Å². The molecule has 1 aliphatic heterocycles. The largest absolute Gasteiger partial charge is 0.444 e. The molecule has 1 unspecified atom stereocenters. The van der Waals surface area contributed by atoms with E-state index in [0.717, 1.165) is 43.6 Å². The third-order valence-electron chi connectivity index (χ3n) is 7.10. The van der Waals surface area contributed by atoms with Crippen LogP contribution in [0.3, 0.4) is 0 Å². The molecule has 1 N–H and O–H groups in total. The summed E-state index contributed by atoms with van der Waals surface area (Å²) in [5.74, 6) is 0.837. The van der Waals surface area contributed by atoms with Crippen LogP contribution in [0.25, 0.3) is 0 Å². The third kappa shape index (κ3) is 7.59. The summed E-state index contributed by atoms with van der Waals surface area (Å²) < 4.78 is 43.8. The summed E-state index contributed by atoms with van der Waals surface area (Å²) in [6.07, 6.45) is -1.86. The van der Waals surface area contributed by atoms with Crippen molar-refractivity contribution in [3.05, 3.63) is 35.4 Å². The Morgan fingerprint density at radius 1 is 1.14 bits per heavy atom. The summed E-state index contributed by atoms with van der Waals surface area (Å²) in [5.41, 5.74) is -0.334. The summed E-state index contributed by atoms with van der Waals surface area (Å²) in [6, 6.07) is 5.35. The van der Waals surface area contributed by atoms with E-state index in [9.17, 15) is 22.8 Å². The number of hydrogen-bond donors (Lipinski definition) is 1. The Bertz CT molecular complexity index is 883. The van der Waals surface area contributed by atoms with Gasteiger partial charge in [-0.05, 0) is 76.5 Å². The van der Waals surface area contributed by atoms with Crippen molar-refractivity contribution in [1.29, 1.82) is 0 Å². The van der Waals surface area contributed by atoms with Crippen LogP contribution in [0.4, 0.5) is 18.0 Å². The van der Waals surface area contributed by atoms with Crippen LogP contribution >= 0.6 is 0 Å². The number of alkyl halides is 3. The second-order valence-corrected chi connectivity index (χ2v) is 11.0. The quantitative estimate of drug-likeness (QED) is 0.572. The van der Waals surface area contributed by atoms with Gasteiger partial charge in [0.2, 0.25) is 5.91 Å². The number of ether oxygens (including phenoxy) is 1. The highest BCUT2D eigenvalue weighted by Gasteiger charge is 2.43. The maximum Gasteiger partial charge on any atom is 0.416 e. The Balaban J connectivity index is 1.44. The SMILES string of the molecule is CC(CCC(=O)N[C@H]1CC[C@@H]2CN(Cc3ccc(C(F)(F)F)cc3)C[C@@H]21)N(C)C(=O)OC(C)(C)C. The molecule has 1 aromatic carbocycles. The van der Waals surface area contributed by atoms with Crippen LogP contribution in [0.5, 0.6) is 0 Å². The van der Waals surface area contributed by atoms with E-state index in [2.05, 4.69) is 10.2 Å². The van der Waals surface area contributed by atoms with Crippen molar-refractivity contribution in [2.24, 2.45) is 11.8 Å². The summed E-state index contributed by atoms with van der Waals surface area (Å²) in [6.45, 7) is 9.70. The average Bonchev–Trinajstić information content (AvgIpc) is 3.31. The monoisotopic (exact) mass is 497 g/mol. The van der Waals surface area contributed by atoms with E-state index in [1.807, 2.05) is 27.7 Å². The van der Waals surface area contributed by atoms with Gasteiger partial charge in [-0.15, -0.1) is 0 Å². The standard InChI is InChI=1S/C26H38F3N3O3/c1-17(31(5)24(34)35-25(2,3)4)6-13-23(33)30-22-12-9-19-15-32(16-21(19)22)14-18-7-10-20(11-8-18)26(27,28)29/h7-8,10-11,17,19,21-22H,6,9,12-16H2,1-5H3,(H,30,33)/t17?,19-,21+,22+/m1/s1. The highest BCUT2D eigenvalue weighted by atomic mass is 19.4. The first-order valence-electron chi connectivity index (χ1n) is 12.4. The lowest BCUT2D eigenvalue weighted by atomic mass is 9.97. The van der Waals surface area contributed by atoms with Crippen LogP contribution in [0.2, 0.25) is 0 Å². The van der Waals surface area contributed by atoms with E-state index in [0.29, 0.717) is 31.2 Å². The van der Waals surface area contributed by atoms with Gasteiger partial charge < -0.3 is 15.0 Å². The van der Waals surface area contributed by atoms with Gasteiger partial charge in [0.05, 0.1) is 5.56 Å². The summed E-state index contributed by atoms with van der Waals surface area (Å²) in [7, 11) is 1.68. The number of benzene rings is 1. The molecule has 196 valence electrons. The molecule has 1 heterocycles. The molecule has 0 radical (unpaired) electrons. The zero-order valence-electron chi connectivity index (χ0n) is 21.3. The molecule has 0 spiro atoms. The van der Waals surface area contributed by atoms with Gasteiger partial charge in [0.15, 0.2) is 0 Å². The molecule has 0 bridgehead atoms. The van der Waals surface area contributed by atoms with Gasteiger partial charge in [-0.2, -0.15) is 13.2 Å². The second-order valence-electron chi connectivity index (χ2n) is 11.0. The average molecular weight is 498 g/mol. The van der Waals surface area contributed by atoms with E-state index in [1.54, 1.807) is 19.2 Å². The van der Waals surface area contributed by atoms with E-state index in [-0.39, 0.29) is 18.0 Å². The zero-order valence-corrected chi connectivity index (χ0v) is 21.3. The molecule has 2 fully saturated rings. The number of nitrogens with zero attached hydrogens (tertiary/aromatic N) is 2. The first-order valence-corrected chi connectivity index (χ1v) is 12.4. The van der Waals surface area contributed by atoms with Crippen LogP contribution in [0.15, 0.2) is 24.3 Å². The first-order chi connectivity index (χ1) is 16.2. The fraction of sp³-hybridized carbons (Fsp3) is 0.692. The molecule has 3 rings (SSSR count). The molecule has 4 atom stereocenters. The van der Waals surface area contributed by atoms with E-state index in [1.165, 1.54) is 4.90 Å². The number of rotatable bonds is 7. The lowest BCUT2D eigenvalue weighted by Gasteiger charge is -2.29. The smallest absolute Gasteiger partial charge is 0.416 e. The van der Waals surface area contributed by atoms with Crippen molar-refractivity contribution in [2.45, 2.75) is 83.8 Å². The van der Waals surface area contributed by atoms with Gasteiger partial charge in [-0.25, -0.2) is 4.79 Å². The predicted octanol–water partition coefficient (Wildman–Crippen LogP) is 5.07. The molecule has 1 saturated heterocycles. The van der Waals surface area contributed by atoms with Gasteiger partial charge in [0.1, 0.15) is 5.60 Å². The molecule has 0 aromatic heterocycles. The summed E-state index contributed by atoms with van der Waals surface area (Å²) >= 11 is 0. The zero-order chi connectivity index (χ0) is 26.0. The molecule has 2 aliphatic rings. The van der Waals surface area contributed by atoms with Gasteiger partial charge in [0, 0.05) is 45.2 Å². The number of amides is 2. The fourth-order valence-corrected chi connectivity index (χ4v) is 5.05. The molecular weight excluding hydrogens is 459 g/mol. The molecule has 1 aliphatic carbocycles. The normalized spacial score (nSPS) is 23.6. The van der Waals surface area contributed by atoms with Crippen LogP contribution in [-0.2, 0) is 22.3 Å². The van der Waals surface area contributed by atoms with Crippen LogP contribution < -0.4 is 5.32 Å². The Morgan fingerprint density at radius 2 is 1.80 bits per heavy atom. The van der Waals surface area contributed by atoms with Gasteiger partial charge in [-0.3, -0.25) is 9.69 Å². The number of fused-ring (bicyclic) bond motifs is 1. The molecule has 35 heavy (non-hydrogen) atoms. The number of carbonyl (C=O) groups excluding carboxylic acids is 2. The maximum atomic E-state index is 12.8. The van der Waals surface area contributed by atoms with Gasteiger partial charge in [-0.1, -0.05) is 12.1 Å². The Labute approximate surface area is 206 Å². The van der Waals surface area contributed by atoms with Crippen LogP contribution in [-0.4, -0.2) is 59.6 Å².